The Hall–Kier alpha value is -1.51. The highest BCUT2D eigenvalue weighted by molar-refractivity contribution is 5.77. The number of halogens is 3. The van der Waals surface area contributed by atoms with Crippen LogP contribution in [0.2, 0.25) is 0 Å². The van der Waals surface area contributed by atoms with E-state index in [2.05, 4.69) is 24.1 Å². The Morgan fingerprint density at radius 2 is 1.81 bits per heavy atom. The largest absolute Gasteiger partial charge is 0.481 e. The number of hydrogen-bond acceptors (Lipinski definition) is 3. The number of nitrogens with zero attached hydrogens (tertiary/aromatic N) is 2. The number of likely N-dealkylation sites (tertiary alicyclic amines) is 2. The van der Waals surface area contributed by atoms with Crippen LogP contribution < -0.4 is 5.32 Å². The Morgan fingerprint density at radius 3 is 2.30 bits per heavy atom. The summed E-state index contributed by atoms with van der Waals surface area (Å²) in [6.07, 6.45) is -1.58. The molecule has 2 amide bonds. The first-order chi connectivity index (χ1) is 12.6. The van der Waals surface area contributed by atoms with Gasteiger partial charge in [0.25, 0.3) is 0 Å². The zero-order chi connectivity index (χ0) is 20.2. The molecule has 0 unspecified atom stereocenters. The van der Waals surface area contributed by atoms with Crippen LogP contribution in [0, 0.1) is 23.7 Å². The van der Waals surface area contributed by atoms with E-state index in [0.717, 1.165) is 43.8 Å². The van der Waals surface area contributed by atoms with E-state index >= 15 is 0 Å². The van der Waals surface area contributed by atoms with E-state index in [-0.39, 0.29) is 0 Å². The van der Waals surface area contributed by atoms with Gasteiger partial charge in [0.1, 0.15) is 0 Å². The zero-order valence-electron chi connectivity index (χ0n) is 16.0. The minimum atomic E-state index is -4.62. The molecule has 0 saturated carbocycles. The average molecular weight is 393 g/mol. The fraction of sp³-hybridized carbons (Fsp3) is 0.889. The van der Waals surface area contributed by atoms with Gasteiger partial charge < -0.3 is 20.2 Å². The molecule has 0 radical (unpaired) electrons. The molecular formula is C18H30F3N3O3. The third kappa shape index (κ3) is 6.26. The summed E-state index contributed by atoms with van der Waals surface area (Å²) in [5.74, 6) is -4.15. The first-order valence-electron chi connectivity index (χ1n) is 9.62. The number of rotatable bonds is 6. The number of piperidine rings is 1. The van der Waals surface area contributed by atoms with Crippen LogP contribution in [0.3, 0.4) is 0 Å². The van der Waals surface area contributed by atoms with Gasteiger partial charge in [-0.15, -0.1) is 0 Å². The van der Waals surface area contributed by atoms with Gasteiger partial charge in [0.2, 0.25) is 0 Å². The smallest absolute Gasteiger partial charge is 0.394 e. The fourth-order valence-corrected chi connectivity index (χ4v) is 3.75. The van der Waals surface area contributed by atoms with Crippen molar-refractivity contribution >= 4 is 12.0 Å². The van der Waals surface area contributed by atoms with Crippen molar-refractivity contribution in [2.75, 3.05) is 39.3 Å². The van der Waals surface area contributed by atoms with Crippen molar-refractivity contribution in [1.29, 1.82) is 0 Å². The van der Waals surface area contributed by atoms with E-state index < -0.39 is 43.1 Å². The predicted octanol–water partition coefficient (Wildman–Crippen LogP) is 2.65. The fourth-order valence-electron chi connectivity index (χ4n) is 3.75. The maximum atomic E-state index is 13.0. The van der Waals surface area contributed by atoms with Gasteiger partial charge in [0.15, 0.2) is 0 Å². The van der Waals surface area contributed by atoms with Crippen molar-refractivity contribution in [2.24, 2.45) is 23.7 Å². The van der Waals surface area contributed by atoms with E-state index in [1.165, 1.54) is 0 Å². The summed E-state index contributed by atoms with van der Waals surface area (Å²) < 4.78 is 39.0. The number of hydrogen-bond donors (Lipinski definition) is 2. The van der Waals surface area contributed by atoms with E-state index in [9.17, 15) is 22.8 Å². The van der Waals surface area contributed by atoms with Gasteiger partial charge in [0, 0.05) is 19.6 Å². The molecule has 2 aliphatic heterocycles. The number of carbonyl (C=O) groups is 2. The van der Waals surface area contributed by atoms with Gasteiger partial charge in [0.05, 0.1) is 11.8 Å². The Bertz CT molecular complexity index is 520. The van der Waals surface area contributed by atoms with E-state index in [1.807, 2.05) is 0 Å². The quantitative estimate of drug-likeness (QED) is 0.728. The predicted molar refractivity (Wildman–Crippen MR) is 94.3 cm³/mol. The van der Waals surface area contributed by atoms with Crippen LogP contribution >= 0.6 is 0 Å². The summed E-state index contributed by atoms with van der Waals surface area (Å²) in [5, 5.41) is 11.7. The summed E-state index contributed by atoms with van der Waals surface area (Å²) >= 11 is 0. The number of nitrogens with one attached hydrogen (secondary N) is 1. The minimum Gasteiger partial charge on any atom is -0.481 e. The Labute approximate surface area is 158 Å². The normalized spacial score (nSPS) is 25.2. The van der Waals surface area contributed by atoms with Gasteiger partial charge >= 0.3 is 18.2 Å². The molecule has 2 aliphatic rings. The first-order valence-corrected chi connectivity index (χ1v) is 9.62. The maximum absolute atomic E-state index is 13.0. The van der Waals surface area contributed by atoms with Crippen LogP contribution in [0.5, 0.6) is 0 Å². The van der Waals surface area contributed by atoms with Gasteiger partial charge in [-0.05, 0) is 50.7 Å². The van der Waals surface area contributed by atoms with E-state index in [4.69, 9.17) is 5.11 Å². The SMILES string of the molecule is CC(C)CCN1CCC(CNC(=O)N2C[C@@H](C(F)(F)F)[C@H](C(=O)O)C2)CC1. The number of alkyl halides is 3. The topological polar surface area (TPSA) is 72.9 Å². The van der Waals surface area contributed by atoms with Crippen molar-refractivity contribution in [2.45, 2.75) is 39.3 Å². The molecule has 0 aromatic carbocycles. The Kier molecular flexibility index (Phi) is 7.36. The number of carboxylic acids is 1. The number of aliphatic carboxylic acids is 1. The van der Waals surface area contributed by atoms with Crippen LogP contribution in [0.4, 0.5) is 18.0 Å². The Balaban J connectivity index is 1.76. The molecule has 6 nitrogen and oxygen atoms in total. The molecule has 2 heterocycles. The standard InChI is InChI=1S/C18H30F3N3O3/c1-12(2)3-6-23-7-4-13(5-8-23)9-22-17(27)24-10-14(16(25)26)15(11-24)18(19,20)21/h12-15H,3-11H2,1-2H3,(H,22,27)(H,25,26)/t14-,15-/m1/s1. The Morgan fingerprint density at radius 1 is 1.19 bits per heavy atom. The summed E-state index contributed by atoms with van der Waals surface area (Å²) in [5.41, 5.74) is 0. The summed E-state index contributed by atoms with van der Waals surface area (Å²) in [6.45, 7) is 6.81. The second kappa shape index (κ2) is 9.12. The molecule has 0 aromatic heterocycles. The molecule has 0 aliphatic carbocycles. The van der Waals surface area contributed by atoms with Gasteiger partial charge in [-0.25, -0.2) is 4.79 Å². The molecule has 2 saturated heterocycles. The second-order valence-electron chi connectivity index (χ2n) is 8.15. The number of amides is 2. The summed E-state index contributed by atoms with van der Waals surface area (Å²) in [4.78, 5) is 26.7. The van der Waals surface area contributed by atoms with Crippen molar-refractivity contribution in [3.05, 3.63) is 0 Å². The average Bonchev–Trinajstić information content (AvgIpc) is 3.05. The van der Waals surface area contributed by atoms with Crippen LogP contribution in [0.1, 0.15) is 33.1 Å². The highest BCUT2D eigenvalue weighted by Gasteiger charge is 2.53. The lowest BCUT2D eigenvalue weighted by atomic mass is 9.96. The van der Waals surface area contributed by atoms with Gasteiger partial charge in [-0.2, -0.15) is 13.2 Å². The summed E-state index contributed by atoms with van der Waals surface area (Å²) in [7, 11) is 0. The molecule has 0 spiro atoms. The first kappa shape index (κ1) is 21.8. The monoisotopic (exact) mass is 393 g/mol. The van der Waals surface area contributed by atoms with Gasteiger partial charge in [-0.3, -0.25) is 4.79 Å². The van der Waals surface area contributed by atoms with E-state index in [1.54, 1.807) is 0 Å². The van der Waals surface area contributed by atoms with Crippen molar-refractivity contribution in [3.8, 4) is 0 Å². The lowest BCUT2D eigenvalue weighted by Crippen LogP contribution is -2.44. The minimum absolute atomic E-state index is 0.306. The lowest BCUT2D eigenvalue weighted by molar-refractivity contribution is -0.187. The van der Waals surface area contributed by atoms with Crippen LogP contribution in [-0.2, 0) is 4.79 Å². The number of carbonyl (C=O) groups excluding carboxylic acids is 1. The molecule has 9 heteroatoms. The molecular weight excluding hydrogens is 363 g/mol. The molecule has 156 valence electrons. The molecule has 0 bridgehead atoms. The maximum Gasteiger partial charge on any atom is 0.394 e. The molecule has 0 aromatic rings. The third-order valence-corrected chi connectivity index (χ3v) is 5.62. The second-order valence-corrected chi connectivity index (χ2v) is 8.15. The summed E-state index contributed by atoms with van der Waals surface area (Å²) in [6, 6.07) is -0.602. The van der Waals surface area contributed by atoms with Crippen molar-refractivity contribution in [1.82, 2.24) is 15.1 Å². The highest BCUT2D eigenvalue weighted by Crippen LogP contribution is 2.37. The highest BCUT2D eigenvalue weighted by atomic mass is 19.4. The number of carboxylic acid groups (broad SMARTS) is 1. The molecule has 2 atom stereocenters. The zero-order valence-corrected chi connectivity index (χ0v) is 16.0. The van der Waals surface area contributed by atoms with Gasteiger partial charge in [-0.1, -0.05) is 13.8 Å². The third-order valence-electron chi connectivity index (χ3n) is 5.62. The van der Waals surface area contributed by atoms with E-state index in [0.29, 0.717) is 18.4 Å². The van der Waals surface area contributed by atoms with Crippen LogP contribution in [-0.4, -0.2) is 72.4 Å². The van der Waals surface area contributed by atoms with Crippen LogP contribution in [0.15, 0.2) is 0 Å². The number of urea groups is 1. The molecule has 27 heavy (non-hydrogen) atoms. The lowest BCUT2D eigenvalue weighted by Gasteiger charge is -2.32. The molecule has 2 fully saturated rings. The molecule has 2 rings (SSSR count). The van der Waals surface area contributed by atoms with Crippen molar-refractivity contribution in [3.63, 3.8) is 0 Å². The van der Waals surface area contributed by atoms with Crippen LogP contribution in [0.25, 0.3) is 0 Å². The molecule has 2 N–H and O–H groups in total. The van der Waals surface area contributed by atoms with Crippen molar-refractivity contribution < 1.29 is 27.9 Å².